The summed E-state index contributed by atoms with van der Waals surface area (Å²) < 4.78 is 0. The van der Waals surface area contributed by atoms with Gasteiger partial charge in [0.2, 0.25) is 0 Å². The molecule has 0 rings (SSSR count). The van der Waals surface area contributed by atoms with Crippen molar-refractivity contribution in [2.45, 2.75) is 27.2 Å². The van der Waals surface area contributed by atoms with Gasteiger partial charge in [0.1, 0.15) is 0 Å². The summed E-state index contributed by atoms with van der Waals surface area (Å²) in [6.45, 7) is 10.5. The molecule has 60 valence electrons. The number of aliphatic hydroxyl groups excluding tert-OH is 1. The van der Waals surface area contributed by atoms with Crippen molar-refractivity contribution in [1.29, 1.82) is 0 Å². The van der Waals surface area contributed by atoms with Crippen molar-refractivity contribution in [3.63, 3.8) is 0 Å². The van der Waals surface area contributed by atoms with Crippen molar-refractivity contribution in [2.24, 2.45) is 11.8 Å². The third-order valence-electron chi connectivity index (χ3n) is 2.22. The number of hydrogen-bond donors (Lipinski definition) is 1. The second-order valence-corrected chi connectivity index (χ2v) is 3.12. The molecule has 0 aliphatic heterocycles. The second kappa shape index (κ2) is 4.51. The van der Waals surface area contributed by atoms with Crippen LogP contribution < -0.4 is 0 Å². The first kappa shape index (κ1) is 9.70. The minimum absolute atomic E-state index is 0.290. The first-order valence-corrected chi connectivity index (χ1v) is 3.85. The summed E-state index contributed by atoms with van der Waals surface area (Å²) in [7, 11) is 0. The highest BCUT2D eigenvalue weighted by Gasteiger charge is 2.10. The summed E-state index contributed by atoms with van der Waals surface area (Å²) in [4.78, 5) is 0. The minimum atomic E-state index is 0.290. The molecule has 1 N–H and O–H groups in total. The van der Waals surface area contributed by atoms with Gasteiger partial charge in [-0.1, -0.05) is 26.0 Å². The lowest BCUT2D eigenvalue weighted by Gasteiger charge is -2.18. The summed E-state index contributed by atoms with van der Waals surface area (Å²) >= 11 is 0. The third-order valence-corrected chi connectivity index (χ3v) is 2.22. The van der Waals surface area contributed by atoms with Crippen LogP contribution in [0, 0.1) is 11.8 Å². The van der Waals surface area contributed by atoms with E-state index in [9.17, 15) is 0 Å². The molecule has 0 bridgehead atoms. The van der Waals surface area contributed by atoms with Gasteiger partial charge in [0, 0.05) is 6.61 Å². The molecule has 10 heavy (non-hydrogen) atoms. The maximum atomic E-state index is 8.64. The van der Waals surface area contributed by atoms with Crippen molar-refractivity contribution >= 4 is 0 Å². The van der Waals surface area contributed by atoms with Gasteiger partial charge in [0.25, 0.3) is 0 Å². The van der Waals surface area contributed by atoms with Gasteiger partial charge in [-0.3, -0.25) is 0 Å². The van der Waals surface area contributed by atoms with Gasteiger partial charge in [-0.25, -0.2) is 0 Å². The molecule has 1 nitrogen and oxygen atoms in total. The molecule has 0 aliphatic carbocycles. The topological polar surface area (TPSA) is 20.2 Å². The predicted octanol–water partition coefficient (Wildman–Crippen LogP) is 2.22. The van der Waals surface area contributed by atoms with E-state index in [-0.39, 0.29) is 0 Å². The first-order valence-electron chi connectivity index (χ1n) is 3.85. The molecular formula is C9H18O. The smallest absolute Gasteiger partial charge is 0.0433 e. The molecule has 0 aliphatic rings. The van der Waals surface area contributed by atoms with Crippen LogP contribution in [0.5, 0.6) is 0 Å². The van der Waals surface area contributed by atoms with Gasteiger partial charge >= 0.3 is 0 Å². The molecule has 0 aromatic rings. The summed E-state index contributed by atoms with van der Waals surface area (Å²) in [5.41, 5.74) is 1.21. The largest absolute Gasteiger partial charge is 0.396 e. The molecule has 0 spiro atoms. The van der Waals surface area contributed by atoms with E-state index in [0.717, 1.165) is 6.42 Å². The average molecular weight is 142 g/mol. The highest BCUT2D eigenvalue weighted by molar-refractivity contribution is 4.95. The van der Waals surface area contributed by atoms with Crippen molar-refractivity contribution in [1.82, 2.24) is 0 Å². The summed E-state index contributed by atoms with van der Waals surface area (Å²) in [5.74, 6) is 1.09. The molecule has 0 aromatic heterocycles. The fourth-order valence-corrected chi connectivity index (χ4v) is 0.939. The van der Waals surface area contributed by atoms with E-state index in [1.807, 2.05) is 6.92 Å². The van der Waals surface area contributed by atoms with Gasteiger partial charge in [0.15, 0.2) is 0 Å². The van der Waals surface area contributed by atoms with Crippen LogP contribution in [0.3, 0.4) is 0 Å². The lowest BCUT2D eigenvalue weighted by molar-refractivity contribution is 0.245. The van der Waals surface area contributed by atoms with Crippen molar-refractivity contribution in [2.75, 3.05) is 6.61 Å². The molecule has 1 heteroatoms. The molecule has 0 amide bonds. The Hall–Kier alpha value is -0.300. The number of allylic oxidation sites excluding steroid dienone is 1. The fraction of sp³-hybridized carbons (Fsp3) is 0.778. The SMILES string of the molecule is C=C(C)C(C)C(C)CCO. The molecule has 0 fully saturated rings. The number of hydrogen-bond acceptors (Lipinski definition) is 1. The number of aliphatic hydroxyl groups is 1. The first-order chi connectivity index (χ1) is 4.59. The van der Waals surface area contributed by atoms with E-state index in [1.165, 1.54) is 5.57 Å². The van der Waals surface area contributed by atoms with Crippen molar-refractivity contribution in [3.8, 4) is 0 Å². The van der Waals surface area contributed by atoms with Crippen LogP contribution in [-0.2, 0) is 0 Å². The Balaban J connectivity index is 3.69. The van der Waals surface area contributed by atoms with Gasteiger partial charge in [-0.2, -0.15) is 0 Å². The monoisotopic (exact) mass is 142 g/mol. The standard InChI is InChI=1S/C9H18O/c1-7(2)9(4)8(3)5-6-10/h8-10H,1,5-6H2,2-4H3. The molecule has 0 heterocycles. The Morgan fingerprint density at radius 1 is 1.50 bits per heavy atom. The molecule has 0 saturated heterocycles. The Bertz CT molecular complexity index is 107. The number of rotatable bonds is 4. The zero-order valence-corrected chi connectivity index (χ0v) is 7.22. The Morgan fingerprint density at radius 2 is 2.00 bits per heavy atom. The van der Waals surface area contributed by atoms with Gasteiger partial charge in [0.05, 0.1) is 0 Å². The maximum absolute atomic E-state index is 8.64. The van der Waals surface area contributed by atoms with Crippen molar-refractivity contribution < 1.29 is 5.11 Å². The van der Waals surface area contributed by atoms with Crippen LogP contribution in [0.1, 0.15) is 27.2 Å². The lowest BCUT2D eigenvalue weighted by Crippen LogP contribution is -2.10. The van der Waals surface area contributed by atoms with Gasteiger partial charge < -0.3 is 5.11 Å². The quantitative estimate of drug-likeness (QED) is 0.597. The van der Waals surface area contributed by atoms with Gasteiger partial charge in [-0.05, 0) is 25.2 Å². The lowest BCUT2D eigenvalue weighted by atomic mass is 9.88. The molecule has 2 atom stereocenters. The summed E-state index contributed by atoms with van der Waals surface area (Å²) in [6, 6.07) is 0. The summed E-state index contributed by atoms with van der Waals surface area (Å²) in [5, 5.41) is 8.64. The third kappa shape index (κ3) is 3.02. The Labute approximate surface area is 63.8 Å². The van der Waals surface area contributed by atoms with E-state index in [0.29, 0.717) is 18.4 Å². The molecule has 2 unspecified atom stereocenters. The van der Waals surface area contributed by atoms with E-state index >= 15 is 0 Å². The van der Waals surface area contributed by atoms with Gasteiger partial charge in [-0.15, -0.1) is 0 Å². The summed E-state index contributed by atoms with van der Waals surface area (Å²) in [6.07, 6.45) is 0.883. The second-order valence-electron chi connectivity index (χ2n) is 3.12. The van der Waals surface area contributed by atoms with E-state index in [1.54, 1.807) is 0 Å². The van der Waals surface area contributed by atoms with Crippen LogP contribution in [0.2, 0.25) is 0 Å². The van der Waals surface area contributed by atoms with Crippen LogP contribution in [0.4, 0.5) is 0 Å². The Morgan fingerprint density at radius 3 is 2.30 bits per heavy atom. The fourth-order valence-electron chi connectivity index (χ4n) is 0.939. The highest BCUT2D eigenvalue weighted by atomic mass is 16.3. The van der Waals surface area contributed by atoms with E-state index in [2.05, 4.69) is 20.4 Å². The highest BCUT2D eigenvalue weighted by Crippen LogP contribution is 2.20. The van der Waals surface area contributed by atoms with Crippen molar-refractivity contribution in [3.05, 3.63) is 12.2 Å². The van der Waals surface area contributed by atoms with Crippen LogP contribution in [0.15, 0.2) is 12.2 Å². The predicted molar refractivity (Wildman–Crippen MR) is 44.8 cm³/mol. The average Bonchev–Trinajstić information content (AvgIpc) is 1.87. The van der Waals surface area contributed by atoms with Crippen LogP contribution >= 0.6 is 0 Å². The zero-order valence-electron chi connectivity index (χ0n) is 7.22. The zero-order chi connectivity index (χ0) is 8.15. The normalized spacial score (nSPS) is 16.4. The maximum Gasteiger partial charge on any atom is 0.0433 e. The van der Waals surface area contributed by atoms with E-state index in [4.69, 9.17) is 5.11 Å². The van der Waals surface area contributed by atoms with E-state index < -0.39 is 0 Å². The molecular weight excluding hydrogens is 124 g/mol. The minimum Gasteiger partial charge on any atom is -0.396 e. The molecule has 0 radical (unpaired) electrons. The Kier molecular flexibility index (Phi) is 4.37. The molecule has 0 aromatic carbocycles. The molecule has 0 saturated carbocycles. The van der Waals surface area contributed by atoms with Crippen LogP contribution in [-0.4, -0.2) is 11.7 Å². The van der Waals surface area contributed by atoms with Crippen LogP contribution in [0.25, 0.3) is 0 Å².